The molecule has 2 aliphatic rings. The maximum atomic E-state index is 12.3. The number of hydrogen-bond acceptors (Lipinski definition) is 4. The fraction of sp³-hybridized carbons (Fsp3) is 0.321. The second kappa shape index (κ2) is 9.08. The number of aryl methyl sites for hydroxylation is 1. The van der Waals surface area contributed by atoms with Gasteiger partial charge >= 0.3 is 12.0 Å². The molecule has 0 unspecified atom stereocenters. The third kappa shape index (κ3) is 3.97. The van der Waals surface area contributed by atoms with Crippen molar-refractivity contribution in [3.8, 4) is 29.1 Å². The predicted molar refractivity (Wildman–Crippen MR) is 138 cm³/mol. The van der Waals surface area contributed by atoms with Crippen LogP contribution in [0.15, 0.2) is 54.9 Å². The molecule has 0 spiro atoms. The van der Waals surface area contributed by atoms with Gasteiger partial charge in [0, 0.05) is 48.7 Å². The maximum Gasteiger partial charge on any atom is 0.319 e. The lowest BCUT2D eigenvalue weighted by Gasteiger charge is -2.30. The van der Waals surface area contributed by atoms with E-state index >= 15 is 0 Å². The zero-order valence-corrected chi connectivity index (χ0v) is 20.2. The summed E-state index contributed by atoms with van der Waals surface area (Å²) in [6.45, 7) is 0. The number of nitrogens with one attached hydrogen (secondary N) is 2. The Morgan fingerprint density at radius 3 is 2.50 bits per heavy atom. The second-order valence-electron chi connectivity index (χ2n) is 9.70. The number of aromatic nitrogens is 3. The van der Waals surface area contributed by atoms with E-state index in [1.807, 2.05) is 60.3 Å². The van der Waals surface area contributed by atoms with Crippen molar-refractivity contribution in [2.24, 2.45) is 7.05 Å². The molecule has 2 amide bonds. The maximum absolute atomic E-state index is 12.3. The lowest BCUT2D eigenvalue weighted by atomic mass is 9.92. The van der Waals surface area contributed by atoms with E-state index in [4.69, 9.17) is 4.74 Å². The standard InChI is InChI=1S/C28H28N6O2/c1-33-15-14-30-28(33)36-22-12-13-23-24(17-29)26(34(25(23)16-22)21-6-3-7-21)18-8-10-20(11-9-18)32-27(35)31-19-4-2-5-19/h8-16,19,21H,2-7H2,1H3,(H2,31,32,35). The topological polar surface area (TPSA) is 96.9 Å². The molecule has 6 rings (SSSR count). The molecule has 8 heteroatoms. The number of carbonyl (C=O) groups excluding carboxylic acids is 1. The summed E-state index contributed by atoms with van der Waals surface area (Å²) in [6.07, 6.45) is 10.1. The molecule has 2 heterocycles. The number of nitriles is 1. The van der Waals surface area contributed by atoms with Crippen molar-refractivity contribution >= 4 is 22.6 Å². The second-order valence-corrected chi connectivity index (χ2v) is 9.70. The fourth-order valence-corrected chi connectivity index (χ4v) is 4.95. The van der Waals surface area contributed by atoms with Gasteiger partial charge in [0.15, 0.2) is 0 Å². The number of benzene rings is 2. The molecule has 36 heavy (non-hydrogen) atoms. The van der Waals surface area contributed by atoms with Crippen LogP contribution in [-0.2, 0) is 7.05 Å². The van der Waals surface area contributed by atoms with E-state index in [0.29, 0.717) is 23.4 Å². The van der Waals surface area contributed by atoms with E-state index in [1.165, 1.54) is 12.8 Å². The van der Waals surface area contributed by atoms with Gasteiger partial charge in [-0.3, -0.25) is 0 Å². The van der Waals surface area contributed by atoms with Crippen LogP contribution in [0.1, 0.15) is 50.1 Å². The highest BCUT2D eigenvalue weighted by molar-refractivity contribution is 5.96. The smallest absolute Gasteiger partial charge is 0.319 e. The minimum Gasteiger partial charge on any atom is -0.425 e. The number of hydrogen-bond donors (Lipinski definition) is 2. The van der Waals surface area contributed by atoms with Crippen LogP contribution in [0.2, 0.25) is 0 Å². The Morgan fingerprint density at radius 2 is 1.89 bits per heavy atom. The number of nitrogens with zero attached hydrogens (tertiary/aromatic N) is 4. The Morgan fingerprint density at radius 1 is 1.11 bits per heavy atom. The van der Waals surface area contributed by atoms with Crippen molar-refractivity contribution in [1.29, 1.82) is 5.26 Å². The molecule has 8 nitrogen and oxygen atoms in total. The zero-order valence-electron chi connectivity index (χ0n) is 20.2. The van der Waals surface area contributed by atoms with Crippen LogP contribution >= 0.6 is 0 Å². The Balaban J connectivity index is 1.36. The molecule has 0 radical (unpaired) electrons. The summed E-state index contributed by atoms with van der Waals surface area (Å²) in [7, 11) is 1.89. The van der Waals surface area contributed by atoms with Crippen molar-refractivity contribution in [3.63, 3.8) is 0 Å². The molecule has 0 aliphatic heterocycles. The quantitative estimate of drug-likeness (QED) is 0.348. The third-order valence-corrected chi connectivity index (χ3v) is 7.37. The number of amides is 2. The van der Waals surface area contributed by atoms with Gasteiger partial charge in [0.05, 0.1) is 16.8 Å². The average Bonchev–Trinajstić information content (AvgIpc) is 3.36. The lowest BCUT2D eigenvalue weighted by molar-refractivity contribution is 0.240. The molecule has 2 saturated carbocycles. The normalized spacial score (nSPS) is 15.7. The molecule has 0 bridgehead atoms. The van der Waals surface area contributed by atoms with Gasteiger partial charge in [0.1, 0.15) is 11.8 Å². The number of ether oxygens (including phenoxy) is 1. The summed E-state index contributed by atoms with van der Waals surface area (Å²) in [4.78, 5) is 16.5. The number of imidazole rings is 1. The summed E-state index contributed by atoms with van der Waals surface area (Å²) in [5.41, 5.74) is 4.23. The van der Waals surface area contributed by atoms with Crippen molar-refractivity contribution < 1.29 is 9.53 Å². The van der Waals surface area contributed by atoms with E-state index in [-0.39, 0.29) is 12.1 Å². The zero-order chi connectivity index (χ0) is 24.6. The summed E-state index contributed by atoms with van der Waals surface area (Å²) in [5, 5.41) is 17.0. The van der Waals surface area contributed by atoms with Gasteiger partial charge in [0.2, 0.25) is 0 Å². The van der Waals surface area contributed by atoms with Crippen LogP contribution in [0.25, 0.3) is 22.2 Å². The Labute approximate surface area is 209 Å². The summed E-state index contributed by atoms with van der Waals surface area (Å²) < 4.78 is 10.2. The van der Waals surface area contributed by atoms with E-state index in [1.54, 1.807) is 6.20 Å². The average molecular weight is 481 g/mol. The molecule has 2 N–H and O–H groups in total. The summed E-state index contributed by atoms with van der Waals surface area (Å²) in [5.74, 6) is 0.683. The first-order valence-electron chi connectivity index (χ1n) is 12.5. The van der Waals surface area contributed by atoms with Crippen LogP contribution in [0, 0.1) is 11.3 Å². The van der Waals surface area contributed by atoms with Crippen molar-refractivity contribution in [2.45, 2.75) is 50.6 Å². The highest BCUT2D eigenvalue weighted by Gasteiger charge is 2.28. The molecular formula is C28H28N6O2. The molecule has 0 atom stereocenters. The largest absolute Gasteiger partial charge is 0.425 e. The Hall–Kier alpha value is -4.25. The summed E-state index contributed by atoms with van der Waals surface area (Å²) in [6, 6.07) is 17.0. The van der Waals surface area contributed by atoms with Crippen LogP contribution in [0.5, 0.6) is 11.8 Å². The van der Waals surface area contributed by atoms with Crippen LogP contribution in [-0.4, -0.2) is 26.2 Å². The van der Waals surface area contributed by atoms with E-state index in [0.717, 1.165) is 53.5 Å². The van der Waals surface area contributed by atoms with Crippen molar-refractivity contribution in [2.75, 3.05) is 5.32 Å². The van der Waals surface area contributed by atoms with Gasteiger partial charge in [-0.15, -0.1) is 0 Å². The number of urea groups is 1. The number of carbonyl (C=O) groups is 1. The fourth-order valence-electron chi connectivity index (χ4n) is 4.95. The van der Waals surface area contributed by atoms with Crippen molar-refractivity contribution in [1.82, 2.24) is 19.4 Å². The van der Waals surface area contributed by atoms with Gasteiger partial charge in [-0.1, -0.05) is 12.1 Å². The summed E-state index contributed by atoms with van der Waals surface area (Å²) >= 11 is 0. The monoisotopic (exact) mass is 480 g/mol. The highest BCUT2D eigenvalue weighted by atomic mass is 16.5. The van der Waals surface area contributed by atoms with Gasteiger partial charge in [-0.25, -0.2) is 9.78 Å². The molecular weight excluding hydrogens is 452 g/mol. The van der Waals surface area contributed by atoms with Gasteiger partial charge < -0.3 is 24.5 Å². The molecule has 4 aromatic rings. The highest BCUT2D eigenvalue weighted by Crippen LogP contribution is 2.43. The van der Waals surface area contributed by atoms with E-state index in [2.05, 4.69) is 26.3 Å². The number of anilines is 1. The first-order valence-corrected chi connectivity index (χ1v) is 12.5. The minimum absolute atomic E-state index is 0.172. The van der Waals surface area contributed by atoms with Crippen LogP contribution in [0.4, 0.5) is 10.5 Å². The van der Waals surface area contributed by atoms with Crippen LogP contribution < -0.4 is 15.4 Å². The SMILES string of the molecule is Cn1ccnc1Oc1ccc2c(C#N)c(-c3ccc(NC(=O)NC4CCC4)cc3)n(C3CCC3)c2c1. The van der Waals surface area contributed by atoms with E-state index < -0.39 is 0 Å². The van der Waals surface area contributed by atoms with Gasteiger partial charge in [0.25, 0.3) is 0 Å². The van der Waals surface area contributed by atoms with E-state index in [9.17, 15) is 10.1 Å². The molecule has 2 aliphatic carbocycles. The Bertz CT molecular complexity index is 1470. The predicted octanol–water partition coefficient (Wildman–Crippen LogP) is 6.10. The molecule has 2 aromatic carbocycles. The molecule has 2 aromatic heterocycles. The molecule has 0 saturated heterocycles. The minimum atomic E-state index is -0.172. The number of rotatable bonds is 6. The van der Waals surface area contributed by atoms with Crippen molar-refractivity contribution in [3.05, 3.63) is 60.4 Å². The molecule has 182 valence electrons. The first kappa shape index (κ1) is 22.2. The van der Waals surface area contributed by atoms with Gasteiger partial charge in [-0.05, 0) is 68.4 Å². The van der Waals surface area contributed by atoms with Crippen LogP contribution in [0.3, 0.4) is 0 Å². The molecule has 2 fully saturated rings. The third-order valence-electron chi connectivity index (χ3n) is 7.37. The first-order chi connectivity index (χ1) is 17.6. The lowest BCUT2D eigenvalue weighted by Crippen LogP contribution is -2.41. The van der Waals surface area contributed by atoms with Gasteiger partial charge in [-0.2, -0.15) is 5.26 Å². The Kier molecular flexibility index (Phi) is 5.61. The number of fused-ring (bicyclic) bond motifs is 1.